The van der Waals surface area contributed by atoms with E-state index in [2.05, 4.69) is 10.3 Å². The molecule has 2 rings (SSSR count). The number of anilines is 1. The number of hydrogen-bond donors (Lipinski definition) is 1. The van der Waals surface area contributed by atoms with E-state index in [9.17, 15) is 14.0 Å². The van der Waals surface area contributed by atoms with Crippen molar-refractivity contribution in [1.29, 1.82) is 0 Å². The van der Waals surface area contributed by atoms with Gasteiger partial charge in [-0.3, -0.25) is 14.9 Å². The van der Waals surface area contributed by atoms with Gasteiger partial charge in [0.05, 0.1) is 18.7 Å². The fourth-order valence-electron chi connectivity index (χ4n) is 2.10. The van der Waals surface area contributed by atoms with Crippen molar-refractivity contribution in [1.82, 2.24) is 4.98 Å². The van der Waals surface area contributed by atoms with Crippen molar-refractivity contribution in [3.63, 3.8) is 0 Å². The summed E-state index contributed by atoms with van der Waals surface area (Å²) in [5.74, 6) is -1.57. The summed E-state index contributed by atoms with van der Waals surface area (Å²) < 4.78 is 24.7. The molecule has 6 nitrogen and oxygen atoms in total. The number of hydrogen-bond acceptors (Lipinski definition) is 6. The van der Waals surface area contributed by atoms with Gasteiger partial charge in [0.1, 0.15) is 4.34 Å². The minimum atomic E-state index is -1.37. The van der Waals surface area contributed by atoms with Crippen LogP contribution < -0.4 is 10.1 Å². The summed E-state index contributed by atoms with van der Waals surface area (Å²) in [5, 5.41) is 2.80. The number of esters is 1. The van der Waals surface area contributed by atoms with Crippen LogP contribution in [0.1, 0.15) is 32.0 Å². The normalized spacial score (nSPS) is 11.2. The summed E-state index contributed by atoms with van der Waals surface area (Å²) in [4.78, 5) is 28.2. The molecule has 0 aliphatic carbocycles. The summed E-state index contributed by atoms with van der Waals surface area (Å²) in [5.41, 5.74) is -0.303. The molecular formula is C18H20ClFN2O4S. The van der Waals surface area contributed by atoms with Crippen LogP contribution in [0, 0.1) is 12.7 Å². The molecule has 0 radical (unpaired) electrons. The van der Waals surface area contributed by atoms with E-state index in [-0.39, 0.29) is 28.2 Å². The third-order valence-electron chi connectivity index (χ3n) is 3.49. The van der Waals surface area contributed by atoms with Crippen LogP contribution in [0.3, 0.4) is 0 Å². The number of carbonyl (C=O) groups is 2. The summed E-state index contributed by atoms with van der Waals surface area (Å²) in [6, 6.07) is 4.48. The average molecular weight is 415 g/mol. The average Bonchev–Trinajstić information content (AvgIpc) is 2.89. The number of halogens is 2. The third-order valence-corrected chi connectivity index (χ3v) is 4.74. The lowest BCUT2D eigenvalue weighted by Gasteiger charge is -2.25. The van der Waals surface area contributed by atoms with Crippen LogP contribution in [0.2, 0.25) is 4.34 Å². The van der Waals surface area contributed by atoms with Gasteiger partial charge in [0.15, 0.2) is 22.3 Å². The van der Waals surface area contributed by atoms with Crippen molar-refractivity contribution in [2.45, 2.75) is 39.7 Å². The maximum absolute atomic E-state index is 14.0. The quantitative estimate of drug-likeness (QED) is 0.689. The molecule has 1 N–H and O–H groups in total. The monoisotopic (exact) mass is 414 g/mol. The van der Waals surface area contributed by atoms with Crippen LogP contribution >= 0.6 is 22.9 Å². The second-order valence-corrected chi connectivity index (χ2v) is 7.82. The zero-order valence-electron chi connectivity index (χ0n) is 15.4. The molecule has 1 aromatic heterocycles. The van der Waals surface area contributed by atoms with Crippen molar-refractivity contribution in [3.8, 4) is 5.75 Å². The molecule has 1 heterocycles. The topological polar surface area (TPSA) is 77.5 Å². The van der Waals surface area contributed by atoms with E-state index in [0.717, 1.165) is 16.9 Å². The number of thiazole rings is 1. The Morgan fingerprint density at radius 2 is 2.07 bits per heavy atom. The number of benzene rings is 1. The highest BCUT2D eigenvalue weighted by Crippen LogP contribution is 2.30. The minimum Gasteiger partial charge on any atom is -0.475 e. The van der Waals surface area contributed by atoms with Gasteiger partial charge in [-0.2, -0.15) is 0 Å². The van der Waals surface area contributed by atoms with Gasteiger partial charge >= 0.3 is 5.97 Å². The Morgan fingerprint density at radius 3 is 2.70 bits per heavy atom. The van der Waals surface area contributed by atoms with Gasteiger partial charge < -0.3 is 9.47 Å². The molecule has 0 bridgehead atoms. The lowest BCUT2D eigenvalue weighted by atomic mass is 10.1. The van der Waals surface area contributed by atoms with E-state index in [1.807, 2.05) is 0 Å². The van der Waals surface area contributed by atoms with E-state index < -0.39 is 23.3 Å². The van der Waals surface area contributed by atoms with Gasteiger partial charge in [0.25, 0.3) is 5.91 Å². The highest BCUT2D eigenvalue weighted by molar-refractivity contribution is 7.19. The molecule has 1 aromatic carbocycles. The van der Waals surface area contributed by atoms with E-state index >= 15 is 0 Å². The summed E-state index contributed by atoms with van der Waals surface area (Å²) in [6.45, 7) is 6.73. The van der Waals surface area contributed by atoms with Gasteiger partial charge in [-0.25, -0.2) is 9.37 Å². The number of nitrogens with one attached hydrogen (secondary N) is 1. The molecule has 0 fully saturated rings. The minimum absolute atomic E-state index is 0.0269. The number of rotatable bonds is 7. The Morgan fingerprint density at radius 1 is 1.37 bits per heavy atom. The fourth-order valence-corrected chi connectivity index (χ4v) is 3.14. The predicted molar refractivity (Wildman–Crippen MR) is 102 cm³/mol. The van der Waals surface area contributed by atoms with Gasteiger partial charge in [0, 0.05) is 0 Å². The smallest absolute Gasteiger partial charge is 0.311 e. The molecule has 0 unspecified atom stereocenters. The van der Waals surface area contributed by atoms with Crippen molar-refractivity contribution in [3.05, 3.63) is 39.6 Å². The molecule has 9 heteroatoms. The summed E-state index contributed by atoms with van der Waals surface area (Å²) in [7, 11) is 0. The van der Waals surface area contributed by atoms with E-state index in [1.165, 1.54) is 26.0 Å². The molecule has 0 spiro atoms. The lowest BCUT2D eigenvalue weighted by molar-refractivity contribution is -0.142. The standard InChI is InChI=1S/C18H20ClFN2O4S/c1-5-25-14(23)9-12-15(19)27-17(21-12)22-16(24)18(3,4)26-13-7-6-10(2)8-11(13)20/h6-8H,5,9H2,1-4H3,(H,21,22,24). The van der Waals surface area contributed by atoms with Gasteiger partial charge in [-0.1, -0.05) is 29.0 Å². The van der Waals surface area contributed by atoms with Gasteiger partial charge in [0.2, 0.25) is 0 Å². The number of ether oxygens (including phenoxy) is 2. The van der Waals surface area contributed by atoms with E-state index in [0.29, 0.717) is 5.69 Å². The number of aryl methyl sites for hydroxylation is 1. The SMILES string of the molecule is CCOC(=O)Cc1nc(NC(=O)C(C)(C)Oc2ccc(C)cc2F)sc1Cl. The van der Waals surface area contributed by atoms with Gasteiger partial charge in [-0.05, 0) is 45.4 Å². The maximum Gasteiger partial charge on any atom is 0.311 e. The second-order valence-electron chi connectivity index (χ2n) is 6.22. The highest BCUT2D eigenvalue weighted by Gasteiger charge is 2.32. The zero-order valence-corrected chi connectivity index (χ0v) is 17.0. The third kappa shape index (κ3) is 5.64. The summed E-state index contributed by atoms with van der Waals surface area (Å²) in [6.07, 6.45) is -0.0898. The molecule has 1 amide bonds. The zero-order chi connectivity index (χ0) is 20.2. The molecule has 146 valence electrons. The second kappa shape index (κ2) is 8.67. The number of amides is 1. The first-order chi connectivity index (χ1) is 12.6. The fraction of sp³-hybridized carbons (Fsp3) is 0.389. The molecule has 0 aliphatic heterocycles. The molecule has 0 saturated heterocycles. The van der Waals surface area contributed by atoms with Crippen LogP contribution in [0.25, 0.3) is 0 Å². The first kappa shape index (κ1) is 21.1. The van der Waals surface area contributed by atoms with Crippen LogP contribution in [0.4, 0.5) is 9.52 Å². The number of nitrogens with zero attached hydrogens (tertiary/aromatic N) is 1. The number of carbonyl (C=O) groups excluding carboxylic acids is 2. The van der Waals surface area contributed by atoms with Crippen molar-refractivity contribution in [2.24, 2.45) is 0 Å². The highest BCUT2D eigenvalue weighted by atomic mass is 35.5. The largest absolute Gasteiger partial charge is 0.475 e. The van der Waals surface area contributed by atoms with Gasteiger partial charge in [-0.15, -0.1) is 0 Å². The van der Waals surface area contributed by atoms with E-state index in [1.54, 1.807) is 19.9 Å². The molecule has 0 atom stereocenters. The molecular weight excluding hydrogens is 395 g/mol. The first-order valence-electron chi connectivity index (χ1n) is 8.19. The van der Waals surface area contributed by atoms with Crippen molar-refractivity contribution >= 4 is 39.9 Å². The lowest BCUT2D eigenvalue weighted by Crippen LogP contribution is -2.42. The number of aromatic nitrogens is 1. The Bertz CT molecular complexity index is 854. The van der Waals surface area contributed by atoms with Crippen molar-refractivity contribution < 1.29 is 23.5 Å². The molecule has 27 heavy (non-hydrogen) atoms. The van der Waals surface area contributed by atoms with E-state index in [4.69, 9.17) is 21.1 Å². The molecule has 0 saturated carbocycles. The molecule has 2 aromatic rings. The Hall–Kier alpha value is -2.19. The molecule has 0 aliphatic rings. The Labute approximate surface area is 165 Å². The Kier molecular flexibility index (Phi) is 6.78. The van der Waals surface area contributed by atoms with Crippen LogP contribution in [0.15, 0.2) is 18.2 Å². The van der Waals surface area contributed by atoms with Crippen LogP contribution in [-0.2, 0) is 20.7 Å². The van der Waals surface area contributed by atoms with Crippen LogP contribution in [-0.4, -0.2) is 29.1 Å². The van der Waals surface area contributed by atoms with Crippen LogP contribution in [0.5, 0.6) is 5.75 Å². The summed E-state index contributed by atoms with van der Waals surface area (Å²) >= 11 is 7.08. The van der Waals surface area contributed by atoms with Crippen molar-refractivity contribution in [2.75, 3.05) is 11.9 Å². The first-order valence-corrected chi connectivity index (χ1v) is 9.39. The Balaban J connectivity index is 2.08. The predicted octanol–water partition coefficient (Wildman–Crippen LogP) is 4.15. The maximum atomic E-state index is 14.0.